The van der Waals surface area contributed by atoms with E-state index in [1.807, 2.05) is 0 Å². The molecule has 0 saturated carbocycles. The van der Waals surface area contributed by atoms with Crippen LogP contribution in [0.25, 0.3) is 0 Å². The molecule has 0 unspecified atom stereocenters. The highest BCUT2D eigenvalue weighted by molar-refractivity contribution is 9.30. The average molecular weight is 553 g/mol. The van der Waals surface area contributed by atoms with Crippen molar-refractivity contribution >= 4 is 86.5 Å². The Morgan fingerprint density at radius 3 is 1.24 bits per heavy atom. The molecule has 0 aliphatic carbocycles. The molecule has 0 saturated heterocycles. The largest absolute Gasteiger partial charge is 0.317 e. The van der Waals surface area contributed by atoms with Crippen molar-refractivity contribution in [3.05, 3.63) is 58.6 Å². The summed E-state index contributed by atoms with van der Waals surface area (Å²) >= 11 is 16.9. The molecular weight excluding hydrogens is 543 g/mol. The standard InChI is InChI=1S/C13H10Br2Cl2N2O4S2/c14-13(15,24(20,21)18-11-5-1-9(16)2-6-11)25(22,23)19-12-7-3-10(17)4-8-12/h1-8,18-19H. The van der Waals surface area contributed by atoms with E-state index in [-0.39, 0.29) is 11.4 Å². The van der Waals surface area contributed by atoms with Gasteiger partial charge in [-0.1, -0.05) is 23.2 Å². The molecule has 6 nitrogen and oxygen atoms in total. The first-order chi connectivity index (χ1) is 11.4. The fraction of sp³-hybridized carbons (Fsp3) is 0.0769. The minimum Gasteiger partial charge on any atom is -0.281 e. The van der Waals surface area contributed by atoms with Crippen molar-refractivity contribution in [1.82, 2.24) is 0 Å². The number of nitrogens with one attached hydrogen (secondary N) is 2. The Kier molecular flexibility index (Phi) is 6.33. The van der Waals surface area contributed by atoms with Crippen molar-refractivity contribution in [2.45, 2.75) is 1.90 Å². The first kappa shape index (κ1) is 20.8. The van der Waals surface area contributed by atoms with Gasteiger partial charge in [-0.15, -0.1) is 0 Å². The molecule has 2 aromatic carbocycles. The molecular formula is C13H10Br2Cl2N2O4S2. The molecule has 2 aromatic rings. The number of halogens is 4. The highest BCUT2D eigenvalue weighted by Crippen LogP contribution is 2.40. The number of sulfonamides is 2. The molecule has 0 radical (unpaired) electrons. The topological polar surface area (TPSA) is 92.3 Å². The summed E-state index contributed by atoms with van der Waals surface area (Å²) in [5.74, 6) is 0. The minimum absolute atomic E-state index is 0.148. The zero-order valence-corrected chi connectivity index (χ0v) is 18.4. The molecule has 12 heteroatoms. The highest BCUT2D eigenvalue weighted by Gasteiger charge is 2.52. The fourth-order valence-electron chi connectivity index (χ4n) is 1.61. The number of rotatable bonds is 6. The van der Waals surface area contributed by atoms with E-state index in [2.05, 4.69) is 41.3 Å². The zero-order chi connectivity index (χ0) is 18.9. The smallest absolute Gasteiger partial charge is 0.281 e. The van der Waals surface area contributed by atoms with Crippen molar-refractivity contribution in [3.63, 3.8) is 0 Å². The van der Waals surface area contributed by atoms with Crippen molar-refractivity contribution in [3.8, 4) is 0 Å². The van der Waals surface area contributed by atoms with Crippen LogP contribution in [0.2, 0.25) is 10.0 Å². The van der Waals surface area contributed by atoms with E-state index in [4.69, 9.17) is 23.2 Å². The molecule has 0 aliphatic heterocycles. The van der Waals surface area contributed by atoms with Gasteiger partial charge in [-0.3, -0.25) is 9.44 Å². The van der Waals surface area contributed by atoms with Gasteiger partial charge < -0.3 is 0 Å². The molecule has 2 rings (SSSR count). The van der Waals surface area contributed by atoms with Crippen LogP contribution in [0.15, 0.2) is 48.5 Å². The number of benzene rings is 2. The van der Waals surface area contributed by atoms with E-state index in [0.29, 0.717) is 10.0 Å². The van der Waals surface area contributed by atoms with E-state index >= 15 is 0 Å². The van der Waals surface area contributed by atoms with Gasteiger partial charge in [-0.2, -0.15) is 0 Å². The molecule has 0 atom stereocenters. The van der Waals surface area contributed by atoms with Gasteiger partial charge in [0.25, 0.3) is 20.0 Å². The Morgan fingerprint density at radius 1 is 0.680 bits per heavy atom. The first-order valence-corrected chi connectivity index (χ1v) is 11.7. The summed E-state index contributed by atoms with van der Waals surface area (Å²) in [6.07, 6.45) is 0. The summed E-state index contributed by atoms with van der Waals surface area (Å²) in [5, 5.41) is 0.813. The van der Waals surface area contributed by atoms with Gasteiger partial charge in [0.1, 0.15) is 0 Å². The summed E-state index contributed by atoms with van der Waals surface area (Å²) in [6, 6.07) is 11.4. The summed E-state index contributed by atoms with van der Waals surface area (Å²) in [4.78, 5) is 0. The number of hydrogen-bond donors (Lipinski definition) is 2. The Balaban J connectivity index is 2.30. The maximum Gasteiger partial charge on any atom is 0.317 e. The number of alkyl halides is 2. The molecule has 0 aliphatic rings. The van der Waals surface area contributed by atoms with Crippen LogP contribution in [0.4, 0.5) is 11.4 Å². The van der Waals surface area contributed by atoms with E-state index in [0.717, 1.165) is 0 Å². The van der Waals surface area contributed by atoms with Gasteiger partial charge in [-0.25, -0.2) is 16.8 Å². The van der Waals surface area contributed by atoms with Gasteiger partial charge in [-0.05, 0) is 80.4 Å². The van der Waals surface area contributed by atoms with Crippen molar-refractivity contribution < 1.29 is 16.8 Å². The maximum absolute atomic E-state index is 12.5. The monoisotopic (exact) mass is 550 g/mol. The fourth-order valence-corrected chi connectivity index (χ4v) is 5.37. The second kappa shape index (κ2) is 7.61. The van der Waals surface area contributed by atoms with E-state index in [1.165, 1.54) is 48.5 Å². The number of hydrogen-bond acceptors (Lipinski definition) is 4. The lowest BCUT2D eigenvalue weighted by molar-refractivity contribution is 0.590. The van der Waals surface area contributed by atoms with Crippen LogP contribution in [-0.4, -0.2) is 18.7 Å². The summed E-state index contributed by atoms with van der Waals surface area (Å²) in [5.41, 5.74) is 0.295. The van der Waals surface area contributed by atoms with Gasteiger partial charge in [0.15, 0.2) is 0 Å². The Bertz CT molecular complexity index is 885. The average Bonchev–Trinajstić information content (AvgIpc) is 2.51. The SMILES string of the molecule is O=S(=O)(Nc1ccc(Cl)cc1)C(Br)(Br)S(=O)(=O)Nc1ccc(Cl)cc1. The molecule has 0 fully saturated rings. The lowest BCUT2D eigenvalue weighted by Crippen LogP contribution is -2.42. The van der Waals surface area contributed by atoms with Crippen LogP contribution in [0, 0.1) is 0 Å². The lowest BCUT2D eigenvalue weighted by Gasteiger charge is -2.22. The zero-order valence-electron chi connectivity index (χ0n) is 12.1. The third-order valence-corrected chi connectivity index (χ3v) is 12.0. The Hall–Kier alpha value is -0.520. The second-order valence-corrected chi connectivity index (χ2v) is 15.0. The quantitative estimate of drug-likeness (QED) is 0.513. The second-order valence-electron chi connectivity index (χ2n) is 4.69. The van der Waals surface area contributed by atoms with Gasteiger partial charge in [0.2, 0.25) is 0 Å². The first-order valence-electron chi connectivity index (χ1n) is 6.38. The maximum atomic E-state index is 12.5. The van der Waals surface area contributed by atoms with Crippen molar-refractivity contribution in [2.75, 3.05) is 9.44 Å². The van der Waals surface area contributed by atoms with Crippen molar-refractivity contribution in [1.29, 1.82) is 0 Å². The van der Waals surface area contributed by atoms with Crippen LogP contribution in [0.1, 0.15) is 0 Å². The molecule has 0 aromatic heterocycles. The predicted octanol–water partition coefficient (Wildman–Crippen LogP) is 4.58. The number of anilines is 2. The van der Waals surface area contributed by atoms with Gasteiger partial charge >= 0.3 is 1.90 Å². The molecule has 0 bridgehead atoms. The third-order valence-electron chi connectivity index (χ3n) is 2.82. The van der Waals surface area contributed by atoms with Gasteiger partial charge in [0.05, 0.1) is 0 Å². The highest BCUT2D eigenvalue weighted by atomic mass is 79.9. The molecule has 0 heterocycles. The molecule has 2 N–H and O–H groups in total. The van der Waals surface area contributed by atoms with Crippen LogP contribution < -0.4 is 9.44 Å². The van der Waals surface area contributed by atoms with Gasteiger partial charge in [0, 0.05) is 21.4 Å². The lowest BCUT2D eigenvalue weighted by atomic mass is 10.3. The summed E-state index contributed by atoms with van der Waals surface area (Å²) in [7, 11) is -8.90. The normalized spacial score (nSPS) is 12.6. The van der Waals surface area contributed by atoms with Crippen LogP contribution in [0.5, 0.6) is 0 Å². The third kappa shape index (κ3) is 4.81. The van der Waals surface area contributed by atoms with Crippen molar-refractivity contribution in [2.24, 2.45) is 0 Å². The van der Waals surface area contributed by atoms with Crippen LogP contribution >= 0.6 is 55.1 Å². The van der Waals surface area contributed by atoms with E-state index < -0.39 is 21.9 Å². The molecule has 0 amide bonds. The molecule has 0 spiro atoms. The minimum atomic E-state index is -4.45. The summed E-state index contributed by atoms with van der Waals surface area (Å²) in [6.45, 7) is 0. The van der Waals surface area contributed by atoms with E-state index in [1.54, 1.807) is 0 Å². The predicted molar refractivity (Wildman–Crippen MR) is 109 cm³/mol. The van der Waals surface area contributed by atoms with Crippen LogP contribution in [0.3, 0.4) is 0 Å². The molecule has 25 heavy (non-hydrogen) atoms. The summed E-state index contributed by atoms with van der Waals surface area (Å²) < 4.78 is 51.9. The Labute approximate surface area is 172 Å². The van der Waals surface area contributed by atoms with Crippen LogP contribution in [-0.2, 0) is 20.0 Å². The Morgan fingerprint density at radius 2 is 0.960 bits per heavy atom. The molecule has 136 valence electrons. The van der Waals surface area contributed by atoms with E-state index in [9.17, 15) is 16.8 Å².